The molecule has 0 spiro atoms. The van der Waals surface area contributed by atoms with Gasteiger partial charge in [-0.05, 0) is 79.5 Å². The lowest BCUT2D eigenvalue weighted by molar-refractivity contribution is 0.0983. The lowest BCUT2D eigenvalue weighted by atomic mass is 10.0. The Labute approximate surface area is 257 Å². The molecule has 1 amide bonds. The Morgan fingerprint density at radius 3 is 2.39 bits per heavy atom. The van der Waals surface area contributed by atoms with Gasteiger partial charge in [0.25, 0.3) is 5.91 Å². The third kappa shape index (κ3) is 6.61. The fourth-order valence-electron chi connectivity index (χ4n) is 5.07. The van der Waals surface area contributed by atoms with Gasteiger partial charge in [-0.2, -0.15) is 4.31 Å². The van der Waals surface area contributed by atoms with Gasteiger partial charge in [0.05, 0.1) is 15.1 Å². The molecule has 0 saturated heterocycles. The highest BCUT2D eigenvalue weighted by Gasteiger charge is 2.29. The molecule has 0 unspecified atom stereocenters. The Balaban J connectivity index is 0.00000387. The number of carbonyl (C=O) groups excluding carboxylic acids is 1. The molecule has 5 rings (SSSR count). The molecule has 1 aliphatic heterocycles. The largest absolute Gasteiger partial charge is 0.302 e. The van der Waals surface area contributed by atoms with Crippen molar-refractivity contribution in [2.75, 3.05) is 37.6 Å². The number of rotatable bonds is 9. The van der Waals surface area contributed by atoms with E-state index in [1.807, 2.05) is 43.3 Å². The first-order valence-electron chi connectivity index (χ1n) is 13.5. The SMILES string of the molecule is CCN(CC)CCN(C(=O)c1ccc(S(=O)(=O)N2CCc3ccccc3C2)cc1)c1nc2c(C)cc(Cl)cc2s1.Cl. The van der Waals surface area contributed by atoms with Crippen molar-refractivity contribution < 1.29 is 13.2 Å². The van der Waals surface area contributed by atoms with Crippen LogP contribution in [0.2, 0.25) is 5.02 Å². The van der Waals surface area contributed by atoms with Crippen LogP contribution in [0.3, 0.4) is 0 Å². The first-order valence-corrected chi connectivity index (χ1v) is 16.1. The molecule has 218 valence electrons. The van der Waals surface area contributed by atoms with Crippen molar-refractivity contribution in [2.45, 2.75) is 38.6 Å². The maximum Gasteiger partial charge on any atom is 0.260 e. The van der Waals surface area contributed by atoms with Gasteiger partial charge < -0.3 is 4.90 Å². The molecule has 2 heterocycles. The molecule has 0 atom stereocenters. The number of anilines is 1. The number of aryl methyl sites for hydroxylation is 1. The van der Waals surface area contributed by atoms with E-state index in [1.165, 1.54) is 33.3 Å². The molecule has 1 aliphatic rings. The van der Waals surface area contributed by atoms with Crippen LogP contribution in [0.25, 0.3) is 10.2 Å². The fourth-order valence-corrected chi connectivity index (χ4v) is 7.94. The molecule has 1 aromatic heterocycles. The van der Waals surface area contributed by atoms with Crippen molar-refractivity contribution in [1.82, 2.24) is 14.2 Å². The van der Waals surface area contributed by atoms with Crippen molar-refractivity contribution in [3.63, 3.8) is 0 Å². The predicted octanol–water partition coefficient (Wildman–Crippen LogP) is 6.42. The quantitative estimate of drug-likeness (QED) is 0.213. The molecule has 0 N–H and O–H groups in total. The minimum Gasteiger partial charge on any atom is -0.302 e. The van der Waals surface area contributed by atoms with Crippen LogP contribution in [0.1, 0.15) is 40.9 Å². The van der Waals surface area contributed by atoms with Crippen LogP contribution in [0.5, 0.6) is 0 Å². The molecular weight excluding hydrogens is 599 g/mol. The third-order valence-corrected chi connectivity index (χ3v) is 10.6. The minimum atomic E-state index is -3.70. The standard InChI is InChI=1S/C30H33ClN4O3S2.ClH/c1-4-33(5-2)16-17-35(30-32-28-21(3)18-25(31)19-27(28)39-30)29(36)23-10-12-26(13-11-23)40(37,38)34-15-14-22-8-6-7-9-24(22)20-34;/h6-13,18-19H,4-5,14-17,20H2,1-3H3;1H. The number of fused-ring (bicyclic) bond motifs is 2. The smallest absolute Gasteiger partial charge is 0.260 e. The van der Waals surface area contributed by atoms with E-state index >= 15 is 0 Å². The van der Waals surface area contributed by atoms with E-state index in [1.54, 1.807) is 17.0 Å². The molecule has 7 nitrogen and oxygen atoms in total. The Hall–Kier alpha value is -2.53. The number of nitrogens with zero attached hydrogens (tertiary/aromatic N) is 4. The van der Waals surface area contributed by atoms with E-state index in [4.69, 9.17) is 16.6 Å². The summed E-state index contributed by atoms with van der Waals surface area (Å²) < 4.78 is 29.3. The Bertz CT molecular complexity index is 1640. The van der Waals surface area contributed by atoms with E-state index in [0.717, 1.165) is 34.4 Å². The van der Waals surface area contributed by atoms with Crippen LogP contribution in [0.15, 0.2) is 65.6 Å². The van der Waals surface area contributed by atoms with Gasteiger partial charge in [-0.15, -0.1) is 12.4 Å². The Morgan fingerprint density at radius 1 is 1.02 bits per heavy atom. The lowest BCUT2D eigenvalue weighted by Gasteiger charge is -2.28. The molecule has 0 fully saturated rings. The summed E-state index contributed by atoms with van der Waals surface area (Å²) in [5.74, 6) is -0.217. The van der Waals surface area contributed by atoms with Crippen LogP contribution in [0, 0.1) is 6.92 Å². The van der Waals surface area contributed by atoms with Gasteiger partial charge in [0.2, 0.25) is 10.0 Å². The molecule has 0 saturated carbocycles. The first-order chi connectivity index (χ1) is 19.2. The second-order valence-corrected chi connectivity index (χ2v) is 13.3. The van der Waals surface area contributed by atoms with Gasteiger partial charge in [0.1, 0.15) is 0 Å². The lowest BCUT2D eigenvalue weighted by Crippen LogP contribution is -2.39. The highest BCUT2D eigenvalue weighted by molar-refractivity contribution is 7.89. The van der Waals surface area contributed by atoms with E-state index in [2.05, 4.69) is 18.7 Å². The van der Waals surface area contributed by atoms with Gasteiger partial charge >= 0.3 is 0 Å². The van der Waals surface area contributed by atoms with E-state index in [9.17, 15) is 13.2 Å². The number of sulfonamides is 1. The van der Waals surface area contributed by atoms with Crippen molar-refractivity contribution in [3.8, 4) is 0 Å². The third-order valence-electron chi connectivity index (χ3n) is 7.48. The Morgan fingerprint density at radius 2 is 1.71 bits per heavy atom. The molecule has 41 heavy (non-hydrogen) atoms. The zero-order valence-electron chi connectivity index (χ0n) is 23.3. The van der Waals surface area contributed by atoms with Crippen molar-refractivity contribution >= 4 is 66.6 Å². The zero-order chi connectivity index (χ0) is 28.4. The van der Waals surface area contributed by atoms with E-state index < -0.39 is 10.0 Å². The first kappa shape index (κ1) is 31.4. The van der Waals surface area contributed by atoms with Crippen LogP contribution in [-0.2, 0) is 23.0 Å². The van der Waals surface area contributed by atoms with Crippen molar-refractivity contribution in [3.05, 3.63) is 87.9 Å². The van der Waals surface area contributed by atoms with Crippen LogP contribution in [-0.4, -0.2) is 61.2 Å². The molecule has 4 aromatic rings. The minimum absolute atomic E-state index is 0. The molecule has 11 heteroatoms. The van der Waals surface area contributed by atoms with E-state index in [-0.39, 0.29) is 23.2 Å². The van der Waals surface area contributed by atoms with Crippen molar-refractivity contribution in [1.29, 1.82) is 0 Å². The average Bonchev–Trinajstić information content (AvgIpc) is 3.39. The van der Waals surface area contributed by atoms with Crippen molar-refractivity contribution in [2.24, 2.45) is 0 Å². The van der Waals surface area contributed by atoms with Crippen LogP contribution < -0.4 is 4.90 Å². The number of benzene rings is 3. The average molecular weight is 634 g/mol. The number of likely N-dealkylation sites (N-methyl/N-ethyl adjacent to an activating group) is 1. The van der Waals surface area contributed by atoms with Gasteiger partial charge in [-0.3, -0.25) is 9.69 Å². The maximum atomic E-state index is 13.9. The van der Waals surface area contributed by atoms with Gasteiger partial charge in [-0.25, -0.2) is 13.4 Å². The number of amides is 1. The summed E-state index contributed by atoms with van der Waals surface area (Å²) in [4.78, 5) is 22.8. The van der Waals surface area contributed by atoms with E-state index in [0.29, 0.717) is 48.3 Å². The van der Waals surface area contributed by atoms with Gasteiger partial charge in [-0.1, -0.05) is 61.1 Å². The molecule has 0 aliphatic carbocycles. The highest BCUT2D eigenvalue weighted by Crippen LogP contribution is 2.34. The maximum absolute atomic E-state index is 13.9. The highest BCUT2D eigenvalue weighted by atomic mass is 35.5. The van der Waals surface area contributed by atoms with Crippen LogP contribution in [0.4, 0.5) is 5.13 Å². The second-order valence-electron chi connectivity index (χ2n) is 9.93. The topological polar surface area (TPSA) is 73.8 Å². The monoisotopic (exact) mass is 632 g/mol. The number of carbonyl (C=O) groups is 1. The number of hydrogen-bond donors (Lipinski definition) is 0. The molecule has 0 bridgehead atoms. The number of aromatic nitrogens is 1. The van der Waals surface area contributed by atoms with Gasteiger partial charge in [0.15, 0.2) is 5.13 Å². The Kier molecular flexibility index (Phi) is 10.1. The predicted molar refractivity (Wildman–Crippen MR) is 170 cm³/mol. The zero-order valence-corrected chi connectivity index (χ0v) is 26.5. The summed E-state index contributed by atoms with van der Waals surface area (Å²) in [5, 5.41) is 1.23. The summed E-state index contributed by atoms with van der Waals surface area (Å²) in [6.45, 7) is 9.83. The number of thiazole rings is 1. The number of hydrogen-bond acceptors (Lipinski definition) is 6. The summed E-state index contributed by atoms with van der Waals surface area (Å²) >= 11 is 7.72. The number of halogens is 2. The second kappa shape index (κ2) is 13.2. The fraction of sp³-hybridized carbons (Fsp3) is 0.333. The molecule has 0 radical (unpaired) electrons. The molecule has 3 aromatic carbocycles. The van der Waals surface area contributed by atoms with Gasteiger partial charge in [0, 0.05) is 36.8 Å². The molecular formula is C30H34Cl2N4O3S2. The summed E-state index contributed by atoms with van der Waals surface area (Å²) in [6.07, 6.45) is 0.681. The normalized spacial score (nSPS) is 13.7. The summed E-state index contributed by atoms with van der Waals surface area (Å²) in [6, 6.07) is 18.0. The summed E-state index contributed by atoms with van der Waals surface area (Å²) in [7, 11) is -3.70. The van der Waals surface area contributed by atoms with Crippen LogP contribution >= 0.6 is 35.3 Å². The summed E-state index contributed by atoms with van der Waals surface area (Å²) in [5.41, 5.74) is 4.41.